The summed E-state index contributed by atoms with van der Waals surface area (Å²) >= 11 is 0.867. The van der Waals surface area contributed by atoms with Crippen molar-refractivity contribution in [2.45, 2.75) is 30.4 Å². The van der Waals surface area contributed by atoms with E-state index in [1.807, 2.05) is 6.92 Å². The average Bonchev–Trinajstić information content (AvgIpc) is 2.95. The van der Waals surface area contributed by atoms with E-state index in [1.165, 1.54) is 12.6 Å². The molecule has 0 aliphatic carbocycles. The number of carbonyl (C=O) groups is 1. The second kappa shape index (κ2) is 8.42. The first-order valence-corrected chi connectivity index (χ1v) is 8.94. The van der Waals surface area contributed by atoms with Crippen LogP contribution in [0.2, 0.25) is 0 Å². The van der Waals surface area contributed by atoms with Crippen LogP contribution in [-0.4, -0.2) is 44.7 Å². The van der Waals surface area contributed by atoms with Gasteiger partial charge in [-0.05, 0) is 18.8 Å². The third-order valence-electron chi connectivity index (χ3n) is 2.95. The summed E-state index contributed by atoms with van der Waals surface area (Å²) in [6, 6.07) is 0. The first-order valence-electron chi connectivity index (χ1n) is 6.58. The summed E-state index contributed by atoms with van der Waals surface area (Å²) in [5.74, 6) is -0.721. The van der Waals surface area contributed by atoms with Gasteiger partial charge >= 0.3 is 5.97 Å². The fourth-order valence-corrected chi connectivity index (χ4v) is 4.18. The third-order valence-corrected chi connectivity index (χ3v) is 5.75. The number of hydrogen-bond acceptors (Lipinski definition) is 7. The van der Waals surface area contributed by atoms with Crippen LogP contribution in [-0.2, 0) is 14.8 Å². The van der Waals surface area contributed by atoms with Crippen molar-refractivity contribution in [2.75, 3.05) is 20.3 Å². The highest BCUT2D eigenvalue weighted by Crippen LogP contribution is 2.21. The number of carbonyl (C=O) groups excluding carboxylic acids is 1. The molecule has 1 rings (SSSR count). The minimum absolute atomic E-state index is 0.0142. The molecule has 0 spiro atoms. The molecule has 0 aromatic carbocycles. The Balaban J connectivity index is 2.82. The van der Waals surface area contributed by atoms with Gasteiger partial charge in [-0.3, -0.25) is 0 Å². The summed E-state index contributed by atoms with van der Waals surface area (Å²) in [6.07, 6.45) is 2.25. The number of aromatic nitrogens is 1. The number of nitrogens with one attached hydrogen (secondary N) is 1. The number of ether oxygens (including phenoxy) is 1. The SMILES string of the molecule is CCCC(CCO)CNS(=O)(=O)c1scnc1C(=O)OC. The zero-order valence-corrected chi connectivity index (χ0v) is 13.7. The first-order chi connectivity index (χ1) is 9.96. The Morgan fingerprint density at radius 1 is 1.52 bits per heavy atom. The molecule has 1 aromatic heterocycles. The monoisotopic (exact) mass is 336 g/mol. The molecular formula is C12H20N2O5S2. The normalized spacial score (nSPS) is 13.1. The smallest absolute Gasteiger partial charge is 0.358 e. The van der Waals surface area contributed by atoms with Gasteiger partial charge in [-0.1, -0.05) is 13.3 Å². The number of aliphatic hydroxyl groups excluding tert-OH is 1. The molecule has 120 valence electrons. The molecule has 0 aliphatic heterocycles. The summed E-state index contributed by atoms with van der Waals surface area (Å²) < 4.78 is 31.3. The van der Waals surface area contributed by atoms with Crippen molar-refractivity contribution in [3.8, 4) is 0 Å². The molecule has 0 radical (unpaired) electrons. The minimum atomic E-state index is -3.81. The number of sulfonamides is 1. The van der Waals surface area contributed by atoms with E-state index in [2.05, 4.69) is 14.4 Å². The quantitative estimate of drug-likeness (QED) is 0.652. The highest BCUT2D eigenvalue weighted by Gasteiger charge is 2.26. The van der Waals surface area contributed by atoms with Crippen LogP contribution in [0.1, 0.15) is 36.7 Å². The number of nitrogens with zero attached hydrogens (tertiary/aromatic N) is 1. The fourth-order valence-electron chi connectivity index (χ4n) is 1.89. The molecule has 2 N–H and O–H groups in total. The van der Waals surface area contributed by atoms with Gasteiger partial charge in [-0.2, -0.15) is 0 Å². The van der Waals surface area contributed by atoms with E-state index in [9.17, 15) is 13.2 Å². The van der Waals surface area contributed by atoms with Gasteiger partial charge in [-0.25, -0.2) is 22.9 Å². The summed E-state index contributed by atoms with van der Waals surface area (Å²) in [6.45, 7) is 2.23. The number of rotatable bonds is 9. The van der Waals surface area contributed by atoms with Crippen molar-refractivity contribution in [1.82, 2.24) is 9.71 Å². The Hall–Kier alpha value is -1.03. The maximum absolute atomic E-state index is 12.2. The Morgan fingerprint density at radius 3 is 2.81 bits per heavy atom. The van der Waals surface area contributed by atoms with E-state index in [4.69, 9.17) is 5.11 Å². The molecule has 21 heavy (non-hydrogen) atoms. The molecule has 1 unspecified atom stereocenters. The number of hydrogen-bond donors (Lipinski definition) is 2. The molecule has 1 atom stereocenters. The standard InChI is InChI=1S/C12H20N2O5S2/c1-3-4-9(5-6-15)7-14-21(17,18)12-10(11(16)19-2)13-8-20-12/h8-9,14-15H,3-7H2,1-2H3. The number of aliphatic hydroxyl groups is 1. The second-order valence-corrected chi connectivity index (χ2v) is 7.32. The van der Waals surface area contributed by atoms with Crippen LogP contribution in [0, 0.1) is 5.92 Å². The van der Waals surface area contributed by atoms with Crippen LogP contribution in [0.25, 0.3) is 0 Å². The second-order valence-electron chi connectivity index (χ2n) is 4.50. The maximum atomic E-state index is 12.2. The zero-order valence-electron chi connectivity index (χ0n) is 12.0. The Kier molecular flexibility index (Phi) is 7.23. The van der Waals surface area contributed by atoms with Gasteiger partial charge in [-0.15, -0.1) is 11.3 Å². The van der Waals surface area contributed by atoms with E-state index < -0.39 is 16.0 Å². The van der Waals surface area contributed by atoms with E-state index in [0.29, 0.717) is 6.42 Å². The van der Waals surface area contributed by atoms with Crippen molar-refractivity contribution in [1.29, 1.82) is 0 Å². The van der Waals surface area contributed by atoms with Crippen molar-refractivity contribution in [3.05, 3.63) is 11.2 Å². The lowest BCUT2D eigenvalue weighted by atomic mass is 10.0. The van der Waals surface area contributed by atoms with Crippen LogP contribution in [0.3, 0.4) is 0 Å². The first kappa shape index (κ1) is 18.0. The van der Waals surface area contributed by atoms with Crippen LogP contribution in [0.15, 0.2) is 9.72 Å². The zero-order chi connectivity index (χ0) is 15.9. The third kappa shape index (κ3) is 5.03. The molecule has 0 saturated carbocycles. The van der Waals surface area contributed by atoms with E-state index in [-0.39, 0.29) is 29.0 Å². The Morgan fingerprint density at radius 2 is 2.24 bits per heavy atom. The number of thiazole rings is 1. The van der Waals surface area contributed by atoms with Crippen molar-refractivity contribution >= 4 is 27.3 Å². The lowest BCUT2D eigenvalue weighted by Gasteiger charge is -2.15. The van der Waals surface area contributed by atoms with Gasteiger partial charge in [0.05, 0.1) is 12.6 Å². The molecule has 1 heterocycles. The Labute approximate surface area is 128 Å². The summed E-state index contributed by atoms with van der Waals surface area (Å²) in [5, 5.41) is 8.98. The predicted molar refractivity (Wildman–Crippen MR) is 78.7 cm³/mol. The fraction of sp³-hybridized carbons (Fsp3) is 0.667. The highest BCUT2D eigenvalue weighted by molar-refractivity contribution is 7.91. The van der Waals surface area contributed by atoms with Gasteiger partial charge in [0.25, 0.3) is 10.0 Å². The summed E-state index contributed by atoms with van der Waals surface area (Å²) in [5.41, 5.74) is 1.09. The highest BCUT2D eigenvalue weighted by atomic mass is 32.2. The van der Waals surface area contributed by atoms with Gasteiger partial charge < -0.3 is 9.84 Å². The van der Waals surface area contributed by atoms with Gasteiger partial charge in [0.15, 0.2) is 9.90 Å². The average molecular weight is 336 g/mol. The van der Waals surface area contributed by atoms with Crippen molar-refractivity contribution in [3.63, 3.8) is 0 Å². The summed E-state index contributed by atoms with van der Waals surface area (Å²) in [4.78, 5) is 15.2. The molecule has 0 fully saturated rings. The van der Waals surface area contributed by atoms with E-state index in [0.717, 1.165) is 24.2 Å². The van der Waals surface area contributed by atoms with E-state index in [1.54, 1.807) is 0 Å². The molecule has 0 aliphatic rings. The largest absolute Gasteiger partial charge is 0.464 e. The molecule has 9 heteroatoms. The molecule has 0 bridgehead atoms. The number of methoxy groups -OCH3 is 1. The summed E-state index contributed by atoms with van der Waals surface area (Å²) in [7, 11) is -2.64. The van der Waals surface area contributed by atoms with Gasteiger partial charge in [0.2, 0.25) is 0 Å². The van der Waals surface area contributed by atoms with Crippen LogP contribution in [0.4, 0.5) is 0 Å². The predicted octanol–water partition coefficient (Wildman–Crippen LogP) is 1.01. The number of esters is 1. The molecule has 0 saturated heterocycles. The lowest BCUT2D eigenvalue weighted by Crippen LogP contribution is -2.30. The van der Waals surface area contributed by atoms with Gasteiger partial charge in [0.1, 0.15) is 0 Å². The maximum Gasteiger partial charge on any atom is 0.358 e. The van der Waals surface area contributed by atoms with Gasteiger partial charge in [0, 0.05) is 13.2 Å². The molecule has 1 aromatic rings. The van der Waals surface area contributed by atoms with Crippen LogP contribution >= 0.6 is 11.3 Å². The topological polar surface area (TPSA) is 106 Å². The van der Waals surface area contributed by atoms with Crippen LogP contribution in [0.5, 0.6) is 0 Å². The molecule has 0 amide bonds. The van der Waals surface area contributed by atoms with E-state index >= 15 is 0 Å². The van der Waals surface area contributed by atoms with Crippen molar-refractivity contribution < 1.29 is 23.1 Å². The Bertz CT molecular complexity index is 550. The molecule has 7 nitrogen and oxygen atoms in total. The lowest BCUT2D eigenvalue weighted by molar-refractivity contribution is 0.0590. The van der Waals surface area contributed by atoms with Crippen LogP contribution < -0.4 is 4.72 Å². The molecular weight excluding hydrogens is 316 g/mol. The van der Waals surface area contributed by atoms with Crippen molar-refractivity contribution in [2.24, 2.45) is 5.92 Å². The minimum Gasteiger partial charge on any atom is -0.464 e.